The molecule has 0 spiro atoms. The summed E-state index contributed by atoms with van der Waals surface area (Å²) < 4.78 is 0. The van der Waals surface area contributed by atoms with E-state index in [1.807, 2.05) is 13.0 Å². The molecule has 0 heterocycles. The minimum atomic E-state index is -0.842. The lowest BCUT2D eigenvalue weighted by molar-refractivity contribution is -0.132. The molecule has 0 saturated heterocycles. The van der Waals surface area contributed by atoms with Gasteiger partial charge in [0.1, 0.15) is 0 Å². The van der Waals surface area contributed by atoms with E-state index in [1.54, 1.807) is 12.2 Å². The van der Waals surface area contributed by atoms with Crippen molar-refractivity contribution in [1.82, 2.24) is 0 Å². The zero-order chi connectivity index (χ0) is 13.4. The van der Waals surface area contributed by atoms with E-state index in [4.69, 9.17) is 0 Å². The first-order valence-electron chi connectivity index (χ1n) is 6.96. The minimum Gasteiger partial charge on any atom is -0.478 e. The third-order valence-corrected chi connectivity index (χ3v) is 3.43. The van der Waals surface area contributed by atoms with Gasteiger partial charge >= 0.3 is 5.97 Å². The van der Waals surface area contributed by atoms with Crippen molar-refractivity contribution in [1.29, 1.82) is 0 Å². The Labute approximate surface area is 110 Å². The van der Waals surface area contributed by atoms with Crippen LogP contribution in [0.5, 0.6) is 0 Å². The van der Waals surface area contributed by atoms with Crippen molar-refractivity contribution in [3.63, 3.8) is 0 Å². The van der Waals surface area contributed by atoms with Gasteiger partial charge in [-0.15, -0.1) is 0 Å². The van der Waals surface area contributed by atoms with Crippen LogP contribution in [0.4, 0.5) is 0 Å². The average Bonchev–Trinajstić information content (AvgIpc) is 2.38. The number of carbonyl (C=O) groups is 1. The Balaban J connectivity index is 2.93. The Bertz CT molecular complexity index is 355. The predicted octanol–water partition coefficient (Wildman–Crippen LogP) is 4.49. The van der Waals surface area contributed by atoms with E-state index in [9.17, 15) is 9.90 Å². The zero-order valence-corrected chi connectivity index (χ0v) is 11.5. The Morgan fingerprint density at radius 2 is 1.94 bits per heavy atom. The summed E-state index contributed by atoms with van der Waals surface area (Å²) in [5.74, 6) is -0.288. The van der Waals surface area contributed by atoms with Crippen LogP contribution in [0.1, 0.15) is 52.4 Å². The number of allylic oxidation sites excluding steroid dienone is 4. The van der Waals surface area contributed by atoms with Crippen molar-refractivity contribution in [3.8, 4) is 0 Å². The van der Waals surface area contributed by atoms with Crippen LogP contribution in [0.3, 0.4) is 0 Å². The van der Waals surface area contributed by atoms with Crippen LogP contribution in [0.25, 0.3) is 0 Å². The third kappa shape index (κ3) is 4.52. The Kier molecular flexibility index (Phi) is 6.48. The summed E-state index contributed by atoms with van der Waals surface area (Å²) in [5.41, 5.74) is 1.61. The van der Waals surface area contributed by atoms with E-state index in [-0.39, 0.29) is 0 Å². The normalized spacial score (nSPS) is 19.4. The Hall–Kier alpha value is -1.31. The summed E-state index contributed by atoms with van der Waals surface area (Å²) in [5, 5.41) is 9.17. The van der Waals surface area contributed by atoms with Gasteiger partial charge in [-0.05, 0) is 43.8 Å². The highest BCUT2D eigenvalue weighted by molar-refractivity contribution is 5.90. The van der Waals surface area contributed by atoms with Gasteiger partial charge < -0.3 is 5.11 Å². The molecule has 2 nitrogen and oxygen atoms in total. The van der Waals surface area contributed by atoms with E-state index >= 15 is 0 Å². The van der Waals surface area contributed by atoms with Crippen molar-refractivity contribution >= 4 is 5.97 Å². The molecule has 0 unspecified atom stereocenters. The molecule has 0 radical (unpaired) electrons. The van der Waals surface area contributed by atoms with E-state index in [2.05, 4.69) is 13.0 Å². The van der Waals surface area contributed by atoms with Crippen LogP contribution in [0.15, 0.2) is 35.5 Å². The van der Waals surface area contributed by atoms with Gasteiger partial charge in [-0.25, -0.2) is 4.79 Å². The number of carboxylic acid groups (broad SMARTS) is 1. The van der Waals surface area contributed by atoms with Crippen LogP contribution in [0, 0.1) is 5.92 Å². The largest absolute Gasteiger partial charge is 0.478 e. The maximum atomic E-state index is 11.2. The van der Waals surface area contributed by atoms with E-state index in [1.165, 1.54) is 37.7 Å². The van der Waals surface area contributed by atoms with E-state index in [0.29, 0.717) is 11.5 Å². The number of carboxylic acids is 1. The van der Waals surface area contributed by atoms with Crippen molar-refractivity contribution in [3.05, 3.63) is 35.5 Å². The van der Waals surface area contributed by atoms with Crippen molar-refractivity contribution in [2.24, 2.45) is 5.92 Å². The number of hydrogen-bond donors (Lipinski definition) is 1. The van der Waals surface area contributed by atoms with E-state index < -0.39 is 5.97 Å². The molecule has 1 saturated carbocycles. The topological polar surface area (TPSA) is 37.3 Å². The highest BCUT2D eigenvalue weighted by atomic mass is 16.4. The Morgan fingerprint density at radius 1 is 1.28 bits per heavy atom. The molecule has 0 aliphatic heterocycles. The molecule has 1 rings (SSSR count). The minimum absolute atomic E-state index is 0.391. The summed E-state index contributed by atoms with van der Waals surface area (Å²) >= 11 is 0. The first-order valence-corrected chi connectivity index (χ1v) is 6.96. The molecule has 0 bridgehead atoms. The highest BCUT2D eigenvalue weighted by Crippen LogP contribution is 2.31. The monoisotopic (exact) mass is 248 g/mol. The third-order valence-electron chi connectivity index (χ3n) is 3.43. The molecule has 0 amide bonds. The van der Waals surface area contributed by atoms with Crippen LogP contribution in [-0.2, 0) is 4.79 Å². The van der Waals surface area contributed by atoms with Gasteiger partial charge in [0.25, 0.3) is 0 Å². The average molecular weight is 248 g/mol. The fourth-order valence-electron chi connectivity index (χ4n) is 2.56. The van der Waals surface area contributed by atoms with Crippen LogP contribution in [-0.4, -0.2) is 11.1 Å². The van der Waals surface area contributed by atoms with Gasteiger partial charge in [0.2, 0.25) is 0 Å². The molecule has 18 heavy (non-hydrogen) atoms. The van der Waals surface area contributed by atoms with Gasteiger partial charge in [0.05, 0.1) is 5.57 Å². The van der Waals surface area contributed by atoms with Gasteiger partial charge in [-0.3, -0.25) is 0 Å². The highest BCUT2D eigenvalue weighted by Gasteiger charge is 2.17. The SMILES string of the molecule is C\C=C/C(=C\C(=C\CC)C1CCCCC1)C(=O)O. The standard InChI is InChI=1S/C16H24O2/c1-3-8-14(13-10-6-5-7-11-13)12-15(9-4-2)16(17)18/h4,8-9,12-13H,3,5-7,10-11H2,1-2H3,(H,17,18)/b9-4-,14-8-,15-12+. The molecule has 2 heteroatoms. The van der Waals surface area contributed by atoms with Crippen LogP contribution < -0.4 is 0 Å². The number of hydrogen-bond acceptors (Lipinski definition) is 1. The summed E-state index contributed by atoms with van der Waals surface area (Å²) in [6.07, 6.45) is 14.7. The molecular formula is C16H24O2. The quantitative estimate of drug-likeness (QED) is 0.575. The second-order valence-electron chi connectivity index (χ2n) is 4.85. The molecule has 0 aromatic carbocycles. The number of rotatable bonds is 5. The van der Waals surface area contributed by atoms with Gasteiger partial charge in [0, 0.05) is 0 Å². The summed E-state index contributed by atoms with van der Waals surface area (Å²) in [6.45, 7) is 3.95. The first-order chi connectivity index (χ1) is 8.69. The van der Waals surface area contributed by atoms with Gasteiger partial charge in [-0.2, -0.15) is 0 Å². The summed E-state index contributed by atoms with van der Waals surface area (Å²) in [6, 6.07) is 0. The second-order valence-corrected chi connectivity index (χ2v) is 4.85. The van der Waals surface area contributed by atoms with Crippen molar-refractivity contribution < 1.29 is 9.90 Å². The van der Waals surface area contributed by atoms with Crippen LogP contribution in [0.2, 0.25) is 0 Å². The second kappa shape index (κ2) is 7.91. The zero-order valence-electron chi connectivity index (χ0n) is 11.5. The smallest absolute Gasteiger partial charge is 0.335 e. The number of aliphatic carboxylic acids is 1. The predicted molar refractivity (Wildman–Crippen MR) is 75.5 cm³/mol. The maximum Gasteiger partial charge on any atom is 0.335 e. The molecule has 0 atom stereocenters. The molecule has 1 aliphatic carbocycles. The first kappa shape index (κ1) is 14.7. The fourth-order valence-corrected chi connectivity index (χ4v) is 2.56. The fraction of sp³-hybridized carbons (Fsp3) is 0.562. The molecule has 100 valence electrons. The van der Waals surface area contributed by atoms with Crippen LogP contribution >= 0.6 is 0 Å². The molecule has 1 N–H and O–H groups in total. The lowest BCUT2D eigenvalue weighted by Gasteiger charge is -2.23. The van der Waals surface area contributed by atoms with Crippen molar-refractivity contribution in [2.75, 3.05) is 0 Å². The lowest BCUT2D eigenvalue weighted by atomic mass is 9.82. The Morgan fingerprint density at radius 3 is 2.44 bits per heavy atom. The van der Waals surface area contributed by atoms with Gasteiger partial charge in [0.15, 0.2) is 0 Å². The van der Waals surface area contributed by atoms with E-state index in [0.717, 1.165) is 6.42 Å². The lowest BCUT2D eigenvalue weighted by Crippen LogP contribution is -2.09. The summed E-state index contributed by atoms with van der Waals surface area (Å²) in [7, 11) is 0. The molecule has 0 aromatic rings. The molecule has 1 fully saturated rings. The van der Waals surface area contributed by atoms with Gasteiger partial charge in [-0.1, -0.05) is 44.4 Å². The maximum absolute atomic E-state index is 11.2. The summed E-state index contributed by atoms with van der Waals surface area (Å²) in [4.78, 5) is 11.2. The molecule has 1 aliphatic rings. The molecule has 0 aromatic heterocycles. The van der Waals surface area contributed by atoms with Crippen molar-refractivity contribution in [2.45, 2.75) is 52.4 Å². The molecular weight excluding hydrogens is 224 g/mol.